The average molecular weight is 202 g/mol. The van der Waals surface area contributed by atoms with Crippen molar-refractivity contribution in [1.29, 1.82) is 0 Å². The molecule has 14 heavy (non-hydrogen) atoms. The summed E-state index contributed by atoms with van der Waals surface area (Å²) in [5.74, 6) is -0.290. The summed E-state index contributed by atoms with van der Waals surface area (Å²) in [6.45, 7) is 8.55. The quantitative estimate of drug-likeness (QED) is 0.509. The molecule has 0 bridgehead atoms. The molecule has 1 aliphatic heterocycles. The van der Waals surface area contributed by atoms with Crippen molar-refractivity contribution in [2.75, 3.05) is 13.2 Å². The maximum absolute atomic E-state index is 11.3. The van der Waals surface area contributed by atoms with Crippen molar-refractivity contribution in [3.8, 4) is 0 Å². The molecular formula is C10H18O4. The molecule has 0 aromatic carbocycles. The van der Waals surface area contributed by atoms with Gasteiger partial charge in [0, 0.05) is 12.0 Å². The molecule has 0 radical (unpaired) electrons. The number of cyclic esters (lactones) is 1. The number of carbonyl (C=O) groups excluding carboxylic acids is 1. The van der Waals surface area contributed by atoms with Crippen molar-refractivity contribution >= 4 is 5.97 Å². The Bertz CT molecular complexity index is 212. The Morgan fingerprint density at radius 2 is 2.29 bits per heavy atom. The molecule has 1 heterocycles. The van der Waals surface area contributed by atoms with Gasteiger partial charge in [0.1, 0.15) is 0 Å². The maximum atomic E-state index is 11.3. The van der Waals surface area contributed by atoms with E-state index in [0.717, 1.165) is 0 Å². The molecule has 1 saturated heterocycles. The summed E-state index contributed by atoms with van der Waals surface area (Å²) in [6.07, 6.45) is -0.876. The van der Waals surface area contributed by atoms with E-state index in [-0.39, 0.29) is 17.7 Å². The van der Waals surface area contributed by atoms with E-state index in [1.165, 1.54) is 0 Å². The molecule has 1 fully saturated rings. The monoisotopic (exact) mass is 202 g/mol. The number of hydrogen-bond donors (Lipinski definition) is 0. The van der Waals surface area contributed by atoms with Crippen LogP contribution in [0.3, 0.4) is 0 Å². The van der Waals surface area contributed by atoms with Crippen molar-refractivity contribution in [3.05, 3.63) is 0 Å². The second-order valence-electron chi connectivity index (χ2n) is 4.14. The molecule has 0 aromatic heterocycles. The van der Waals surface area contributed by atoms with Crippen LogP contribution in [0.4, 0.5) is 0 Å². The van der Waals surface area contributed by atoms with Crippen LogP contribution < -0.4 is 0 Å². The van der Waals surface area contributed by atoms with Crippen LogP contribution in [0.25, 0.3) is 0 Å². The summed E-state index contributed by atoms with van der Waals surface area (Å²) in [5, 5.41) is 0. The Hall–Kier alpha value is -0.610. The smallest absolute Gasteiger partial charge is 0.336 e. The minimum absolute atomic E-state index is 0.261. The number of carbonyl (C=O) groups is 1. The second-order valence-corrected chi connectivity index (χ2v) is 4.14. The third kappa shape index (κ3) is 2.45. The van der Waals surface area contributed by atoms with Crippen LogP contribution in [0.1, 0.15) is 27.7 Å². The van der Waals surface area contributed by atoms with E-state index in [4.69, 9.17) is 14.2 Å². The lowest BCUT2D eigenvalue weighted by atomic mass is 9.90. The molecule has 0 N–H and O–H groups in total. The van der Waals surface area contributed by atoms with Crippen molar-refractivity contribution < 1.29 is 19.0 Å². The molecular weight excluding hydrogens is 184 g/mol. The molecule has 2 atom stereocenters. The Morgan fingerprint density at radius 1 is 1.64 bits per heavy atom. The fourth-order valence-electron chi connectivity index (χ4n) is 1.43. The normalized spacial score (nSPS) is 27.4. The average Bonchev–Trinajstić information content (AvgIpc) is 2.32. The van der Waals surface area contributed by atoms with Crippen LogP contribution in [0.5, 0.6) is 0 Å². The first kappa shape index (κ1) is 11.5. The highest BCUT2D eigenvalue weighted by atomic mass is 16.7. The zero-order valence-electron chi connectivity index (χ0n) is 9.20. The maximum Gasteiger partial charge on any atom is 0.336 e. The van der Waals surface area contributed by atoms with Gasteiger partial charge in [0.2, 0.25) is 0 Å². The highest BCUT2D eigenvalue weighted by Crippen LogP contribution is 2.31. The van der Waals surface area contributed by atoms with Gasteiger partial charge in [0.15, 0.2) is 12.4 Å². The number of ether oxygens (including phenoxy) is 3. The van der Waals surface area contributed by atoms with Crippen molar-refractivity contribution in [3.63, 3.8) is 0 Å². The molecule has 0 amide bonds. The summed E-state index contributed by atoms with van der Waals surface area (Å²) >= 11 is 0. The van der Waals surface area contributed by atoms with Gasteiger partial charge in [0.05, 0.1) is 6.61 Å². The lowest BCUT2D eigenvalue weighted by Crippen LogP contribution is -2.36. The Kier molecular flexibility index (Phi) is 3.50. The van der Waals surface area contributed by atoms with E-state index in [1.54, 1.807) is 6.92 Å². The molecule has 4 nitrogen and oxygen atoms in total. The van der Waals surface area contributed by atoms with Gasteiger partial charge in [-0.3, -0.25) is 0 Å². The third-order valence-electron chi connectivity index (χ3n) is 2.24. The van der Waals surface area contributed by atoms with Gasteiger partial charge in [-0.15, -0.1) is 0 Å². The van der Waals surface area contributed by atoms with Crippen molar-refractivity contribution in [2.45, 2.75) is 40.1 Å². The minimum Gasteiger partial charge on any atom is -0.463 e. The molecule has 0 aliphatic carbocycles. The largest absolute Gasteiger partial charge is 0.463 e. The van der Waals surface area contributed by atoms with Crippen LogP contribution in [-0.4, -0.2) is 31.6 Å². The summed E-state index contributed by atoms with van der Waals surface area (Å²) < 4.78 is 15.6. The zero-order valence-corrected chi connectivity index (χ0v) is 9.20. The van der Waals surface area contributed by atoms with Crippen LogP contribution in [0.15, 0.2) is 0 Å². The van der Waals surface area contributed by atoms with Gasteiger partial charge < -0.3 is 14.2 Å². The van der Waals surface area contributed by atoms with Crippen LogP contribution >= 0.6 is 0 Å². The molecule has 0 saturated carbocycles. The Morgan fingerprint density at radius 3 is 2.71 bits per heavy atom. The van der Waals surface area contributed by atoms with Crippen LogP contribution in [-0.2, 0) is 19.0 Å². The lowest BCUT2D eigenvalue weighted by Gasteiger charge is -2.24. The number of hydrogen-bond acceptors (Lipinski definition) is 4. The first-order valence-electron chi connectivity index (χ1n) is 4.91. The summed E-state index contributed by atoms with van der Waals surface area (Å²) in [6, 6.07) is 0. The first-order chi connectivity index (χ1) is 6.47. The minimum atomic E-state index is -0.510. The fraction of sp³-hybridized carbons (Fsp3) is 0.900. The molecule has 82 valence electrons. The van der Waals surface area contributed by atoms with E-state index >= 15 is 0 Å². The predicted octanol–water partition coefficient (Wildman–Crippen LogP) is 1.34. The molecule has 1 aliphatic rings. The van der Waals surface area contributed by atoms with E-state index in [9.17, 15) is 4.79 Å². The summed E-state index contributed by atoms with van der Waals surface area (Å²) in [7, 11) is 0. The lowest BCUT2D eigenvalue weighted by molar-refractivity contribution is -0.184. The van der Waals surface area contributed by atoms with Crippen LogP contribution in [0, 0.1) is 5.41 Å². The van der Waals surface area contributed by atoms with E-state index in [2.05, 4.69) is 0 Å². The number of rotatable bonds is 4. The van der Waals surface area contributed by atoms with Gasteiger partial charge in [-0.05, 0) is 13.8 Å². The fourth-order valence-corrected chi connectivity index (χ4v) is 1.43. The van der Waals surface area contributed by atoms with Crippen molar-refractivity contribution in [1.82, 2.24) is 0 Å². The van der Waals surface area contributed by atoms with E-state index in [0.29, 0.717) is 13.2 Å². The highest BCUT2D eigenvalue weighted by molar-refractivity contribution is 5.77. The third-order valence-corrected chi connectivity index (χ3v) is 2.24. The van der Waals surface area contributed by atoms with Gasteiger partial charge in [0.25, 0.3) is 0 Å². The van der Waals surface area contributed by atoms with Crippen LogP contribution in [0.2, 0.25) is 0 Å². The summed E-state index contributed by atoms with van der Waals surface area (Å²) in [5.41, 5.74) is -0.261. The topological polar surface area (TPSA) is 44.8 Å². The number of esters is 1. The van der Waals surface area contributed by atoms with Gasteiger partial charge in [-0.25, -0.2) is 4.79 Å². The Labute approximate surface area is 84.5 Å². The van der Waals surface area contributed by atoms with E-state index in [1.807, 2.05) is 20.8 Å². The van der Waals surface area contributed by atoms with Gasteiger partial charge in [-0.2, -0.15) is 0 Å². The summed E-state index contributed by atoms with van der Waals surface area (Å²) in [4.78, 5) is 11.3. The molecule has 0 aromatic rings. The predicted molar refractivity (Wildman–Crippen MR) is 50.7 cm³/mol. The molecule has 2 unspecified atom stereocenters. The Balaban J connectivity index is 2.53. The van der Waals surface area contributed by atoms with Crippen molar-refractivity contribution in [2.24, 2.45) is 5.41 Å². The SMILES string of the molecule is CCOC(C)OC1C(=O)OCC1(C)C. The molecule has 0 spiro atoms. The first-order valence-corrected chi connectivity index (χ1v) is 4.91. The zero-order chi connectivity index (χ0) is 10.8. The van der Waals surface area contributed by atoms with Gasteiger partial charge >= 0.3 is 5.97 Å². The van der Waals surface area contributed by atoms with E-state index < -0.39 is 6.10 Å². The second kappa shape index (κ2) is 4.28. The van der Waals surface area contributed by atoms with Gasteiger partial charge in [-0.1, -0.05) is 13.8 Å². The molecule has 1 rings (SSSR count). The standard InChI is InChI=1S/C10H18O4/c1-5-12-7(2)14-8-9(11)13-6-10(8,3)4/h7-8H,5-6H2,1-4H3. The molecule has 4 heteroatoms. The highest BCUT2D eigenvalue weighted by Gasteiger charge is 2.45.